The topological polar surface area (TPSA) is 56.6 Å². The number of ether oxygens (including phenoxy) is 2. The molecule has 2 rings (SSSR count). The Labute approximate surface area is 106 Å². The molecule has 100 valence electrons. The molecular formula is C12H19N3O3. The van der Waals surface area contributed by atoms with E-state index in [1.165, 1.54) is 0 Å². The van der Waals surface area contributed by atoms with Crippen LogP contribution in [0.3, 0.4) is 0 Å². The first-order valence-electron chi connectivity index (χ1n) is 6.02. The fourth-order valence-corrected chi connectivity index (χ4v) is 2.08. The molecule has 0 aromatic carbocycles. The quantitative estimate of drug-likeness (QED) is 0.756. The minimum atomic E-state index is -0.0641. The van der Waals surface area contributed by atoms with Crippen LogP contribution in [0.15, 0.2) is 6.07 Å². The van der Waals surface area contributed by atoms with E-state index in [4.69, 9.17) is 9.47 Å². The minimum Gasteiger partial charge on any atom is -0.377 e. The lowest BCUT2D eigenvalue weighted by atomic mass is 10.3. The van der Waals surface area contributed by atoms with Crippen LogP contribution in [0.5, 0.6) is 0 Å². The highest BCUT2D eigenvalue weighted by Gasteiger charge is 2.25. The second-order valence-electron chi connectivity index (χ2n) is 4.48. The van der Waals surface area contributed by atoms with E-state index in [0.717, 1.165) is 5.69 Å². The van der Waals surface area contributed by atoms with Crippen LogP contribution in [0.2, 0.25) is 0 Å². The van der Waals surface area contributed by atoms with Crippen molar-refractivity contribution >= 4 is 5.91 Å². The van der Waals surface area contributed by atoms with E-state index in [9.17, 15) is 4.79 Å². The maximum absolute atomic E-state index is 12.4. The summed E-state index contributed by atoms with van der Waals surface area (Å²) in [6, 6.07) is 1.80. The van der Waals surface area contributed by atoms with Crippen molar-refractivity contribution in [2.24, 2.45) is 7.05 Å². The Kier molecular flexibility index (Phi) is 3.98. The molecule has 6 heteroatoms. The van der Waals surface area contributed by atoms with E-state index in [1.807, 2.05) is 6.92 Å². The zero-order valence-corrected chi connectivity index (χ0v) is 11.0. The molecule has 0 spiro atoms. The molecule has 0 N–H and O–H groups in total. The van der Waals surface area contributed by atoms with E-state index >= 15 is 0 Å². The fourth-order valence-electron chi connectivity index (χ4n) is 2.08. The highest BCUT2D eigenvalue weighted by Crippen LogP contribution is 2.10. The average molecular weight is 253 g/mol. The van der Waals surface area contributed by atoms with Gasteiger partial charge in [0.05, 0.1) is 25.0 Å². The predicted molar refractivity (Wildman–Crippen MR) is 65.5 cm³/mol. The number of carbonyl (C=O) groups is 1. The average Bonchev–Trinajstić information content (AvgIpc) is 2.57. The van der Waals surface area contributed by atoms with Gasteiger partial charge in [-0.2, -0.15) is 5.10 Å². The van der Waals surface area contributed by atoms with Gasteiger partial charge in [-0.15, -0.1) is 0 Å². The second-order valence-corrected chi connectivity index (χ2v) is 4.48. The maximum Gasteiger partial charge on any atom is 0.272 e. The van der Waals surface area contributed by atoms with Gasteiger partial charge in [0.25, 0.3) is 5.91 Å². The summed E-state index contributed by atoms with van der Waals surface area (Å²) in [4.78, 5) is 14.2. The Morgan fingerprint density at radius 1 is 1.61 bits per heavy atom. The SMILES string of the molecule is CO[C@H]1COCCN(C(=O)c2cc(C)nn2C)C1. The van der Waals surface area contributed by atoms with Gasteiger partial charge in [0, 0.05) is 27.2 Å². The summed E-state index contributed by atoms with van der Waals surface area (Å²) in [6.45, 7) is 4.09. The molecule has 0 aliphatic carbocycles. The lowest BCUT2D eigenvalue weighted by Crippen LogP contribution is -2.39. The molecule has 2 heterocycles. The summed E-state index contributed by atoms with van der Waals surface area (Å²) in [7, 11) is 3.42. The van der Waals surface area contributed by atoms with Gasteiger partial charge in [0.1, 0.15) is 5.69 Å². The van der Waals surface area contributed by atoms with Crippen molar-refractivity contribution in [2.45, 2.75) is 13.0 Å². The first-order valence-corrected chi connectivity index (χ1v) is 6.02. The summed E-state index contributed by atoms with van der Waals surface area (Å²) >= 11 is 0. The van der Waals surface area contributed by atoms with E-state index in [0.29, 0.717) is 32.0 Å². The third-order valence-corrected chi connectivity index (χ3v) is 3.07. The van der Waals surface area contributed by atoms with Crippen LogP contribution in [0.1, 0.15) is 16.2 Å². The fraction of sp³-hybridized carbons (Fsp3) is 0.667. The van der Waals surface area contributed by atoms with Crippen molar-refractivity contribution in [3.05, 3.63) is 17.5 Å². The summed E-state index contributed by atoms with van der Waals surface area (Å²) < 4.78 is 12.3. The monoisotopic (exact) mass is 253 g/mol. The van der Waals surface area contributed by atoms with E-state index in [2.05, 4.69) is 5.10 Å². The summed E-state index contributed by atoms with van der Waals surface area (Å²) in [5.41, 5.74) is 1.44. The van der Waals surface area contributed by atoms with Crippen molar-refractivity contribution in [3.63, 3.8) is 0 Å². The summed E-state index contributed by atoms with van der Waals surface area (Å²) in [5.74, 6) is -0.0225. The van der Waals surface area contributed by atoms with E-state index < -0.39 is 0 Å². The Hall–Kier alpha value is -1.40. The molecule has 1 aliphatic heterocycles. The van der Waals surface area contributed by atoms with Gasteiger partial charge in [0.15, 0.2) is 0 Å². The third-order valence-electron chi connectivity index (χ3n) is 3.07. The molecule has 1 atom stereocenters. The van der Waals surface area contributed by atoms with Crippen LogP contribution in [0, 0.1) is 6.92 Å². The molecule has 0 radical (unpaired) electrons. The first-order chi connectivity index (χ1) is 8.61. The van der Waals surface area contributed by atoms with Crippen LogP contribution < -0.4 is 0 Å². The lowest BCUT2D eigenvalue weighted by molar-refractivity contribution is 0.0224. The molecule has 0 bridgehead atoms. The number of methoxy groups -OCH3 is 1. The van der Waals surface area contributed by atoms with Gasteiger partial charge in [0.2, 0.25) is 0 Å². The molecule has 6 nitrogen and oxygen atoms in total. The standard InChI is InChI=1S/C12H19N3O3/c1-9-6-11(14(2)13-9)12(16)15-4-5-18-8-10(7-15)17-3/h6,10H,4-5,7-8H2,1-3H3/t10-/m1/s1. The van der Waals surface area contributed by atoms with Gasteiger partial charge < -0.3 is 14.4 Å². The molecule has 0 unspecified atom stereocenters. The number of aromatic nitrogens is 2. The van der Waals surface area contributed by atoms with Crippen LogP contribution in [0.4, 0.5) is 0 Å². The number of rotatable bonds is 2. The van der Waals surface area contributed by atoms with Crippen molar-refractivity contribution in [1.29, 1.82) is 0 Å². The van der Waals surface area contributed by atoms with Crippen LogP contribution in [-0.4, -0.2) is 60.1 Å². The molecule has 1 amide bonds. The number of aryl methyl sites for hydroxylation is 2. The molecule has 1 aromatic heterocycles. The molecule has 1 saturated heterocycles. The van der Waals surface area contributed by atoms with Crippen LogP contribution in [-0.2, 0) is 16.5 Å². The molecule has 18 heavy (non-hydrogen) atoms. The normalized spacial score (nSPS) is 20.8. The number of nitrogens with zero attached hydrogens (tertiary/aromatic N) is 3. The van der Waals surface area contributed by atoms with Crippen molar-refractivity contribution in [2.75, 3.05) is 33.4 Å². The molecule has 1 aromatic rings. The molecule has 1 aliphatic rings. The summed E-state index contributed by atoms with van der Waals surface area (Å²) in [5, 5.41) is 4.20. The lowest BCUT2D eigenvalue weighted by Gasteiger charge is -2.22. The Bertz CT molecular complexity index is 430. The first kappa shape index (κ1) is 13.0. The van der Waals surface area contributed by atoms with Gasteiger partial charge in [-0.05, 0) is 13.0 Å². The van der Waals surface area contributed by atoms with Gasteiger partial charge >= 0.3 is 0 Å². The zero-order valence-electron chi connectivity index (χ0n) is 11.0. The number of hydrogen-bond donors (Lipinski definition) is 0. The Morgan fingerprint density at radius 3 is 3.00 bits per heavy atom. The molecular weight excluding hydrogens is 234 g/mol. The molecule has 1 fully saturated rings. The highest BCUT2D eigenvalue weighted by molar-refractivity contribution is 5.92. The van der Waals surface area contributed by atoms with Crippen molar-refractivity contribution in [3.8, 4) is 0 Å². The van der Waals surface area contributed by atoms with Gasteiger partial charge in [-0.25, -0.2) is 0 Å². The Morgan fingerprint density at radius 2 is 2.39 bits per heavy atom. The molecule has 0 saturated carbocycles. The van der Waals surface area contributed by atoms with Crippen molar-refractivity contribution < 1.29 is 14.3 Å². The summed E-state index contributed by atoms with van der Waals surface area (Å²) in [6.07, 6.45) is -0.0641. The van der Waals surface area contributed by atoms with Gasteiger partial charge in [-0.3, -0.25) is 9.48 Å². The Balaban J connectivity index is 2.14. The van der Waals surface area contributed by atoms with Crippen molar-refractivity contribution in [1.82, 2.24) is 14.7 Å². The maximum atomic E-state index is 12.4. The third kappa shape index (κ3) is 2.70. The van der Waals surface area contributed by atoms with Gasteiger partial charge in [-0.1, -0.05) is 0 Å². The second kappa shape index (κ2) is 5.49. The zero-order chi connectivity index (χ0) is 13.1. The van der Waals surface area contributed by atoms with Crippen LogP contribution in [0.25, 0.3) is 0 Å². The number of hydrogen-bond acceptors (Lipinski definition) is 4. The minimum absolute atomic E-state index is 0.0225. The predicted octanol–water partition coefficient (Wildman–Crippen LogP) is 0.216. The highest BCUT2D eigenvalue weighted by atomic mass is 16.5. The van der Waals surface area contributed by atoms with Crippen LogP contribution >= 0.6 is 0 Å². The largest absolute Gasteiger partial charge is 0.377 e. The smallest absolute Gasteiger partial charge is 0.272 e. The van der Waals surface area contributed by atoms with E-state index in [-0.39, 0.29) is 12.0 Å². The number of carbonyl (C=O) groups excluding carboxylic acids is 1. The van der Waals surface area contributed by atoms with E-state index in [1.54, 1.807) is 29.8 Å². The number of amides is 1.